The molecule has 0 aromatic rings. The molecule has 0 unspecified atom stereocenters. The highest BCUT2D eigenvalue weighted by Crippen LogP contribution is 2.02. The predicted molar refractivity (Wildman–Crippen MR) is 135 cm³/mol. The summed E-state index contributed by atoms with van der Waals surface area (Å²) in [4.78, 5) is 74.8. The summed E-state index contributed by atoms with van der Waals surface area (Å²) >= 11 is 0. The smallest absolute Gasteiger partial charge is 0.326 e. The van der Waals surface area contributed by atoms with E-state index in [0.717, 1.165) is 0 Å². The molecule has 0 saturated heterocycles. The van der Waals surface area contributed by atoms with Crippen LogP contribution in [0.5, 0.6) is 0 Å². The van der Waals surface area contributed by atoms with Crippen LogP contribution in [0, 0.1) is 0 Å². The van der Waals surface area contributed by atoms with Gasteiger partial charge in [0.1, 0.15) is 18.1 Å². The Morgan fingerprint density at radius 3 is 1.89 bits per heavy atom. The summed E-state index contributed by atoms with van der Waals surface area (Å²) in [6.45, 7) is 0.198. The normalized spacial score (nSPS) is 12.7. The number of amides is 5. The molecular formula is C21H39N9O8. The fourth-order valence-electron chi connectivity index (χ4n) is 2.93. The highest BCUT2D eigenvalue weighted by molar-refractivity contribution is 5.93. The molecule has 0 aromatic heterocycles. The summed E-state index contributed by atoms with van der Waals surface area (Å²) in [6.07, 6.45) is 1.41. The standard InChI is InChI=1S/C21H39N9O8/c1-12(32)25-7-3-2-5-15(20(37)38)30-17(34)10-28-19(36)14(6-4-8-26-21(23)24)29-16(33)9-27-18(35)13(22)11-31/h13-15,31H,2-11,22H2,1H3,(H,25,32)(H,27,35)(H,28,36)(H,29,33)(H,30,34)(H,37,38)(H4,23,24,26)/t13-,14-,15-/m0/s1. The topological polar surface area (TPSA) is 293 Å². The molecule has 17 heteroatoms. The van der Waals surface area contributed by atoms with Gasteiger partial charge in [0.15, 0.2) is 5.96 Å². The fraction of sp³-hybridized carbons (Fsp3) is 0.667. The van der Waals surface area contributed by atoms with Gasteiger partial charge < -0.3 is 54.0 Å². The Labute approximate surface area is 219 Å². The third kappa shape index (κ3) is 16.6. The van der Waals surface area contributed by atoms with Crippen molar-refractivity contribution in [3.05, 3.63) is 0 Å². The van der Waals surface area contributed by atoms with Crippen molar-refractivity contribution in [2.45, 2.75) is 57.2 Å². The minimum absolute atomic E-state index is 0.0755. The summed E-state index contributed by atoms with van der Waals surface area (Å²) in [5.74, 6) is -4.61. The van der Waals surface area contributed by atoms with Crippen molar-refractivity contribution in [1.82, 2.24) is 26.6 Å². The van der Waals surface area contributed by atoms with Gasteiger partial charge >= 0.3 is 5.97 Å². The summed E-state index contributed by atoms with van der Waals surface area (Å²) in [6, 6.07) is -3.54. The summed E-state index contributed by atoms with van der Waals surface area (Å²) in [5, 5.41) is 30.1. The highest BCUT2D eigenvalue weighted by Gasteiger charge is 2.23. The minimum atomic E-state index is -1.25. The first kappa shape index (κ1) is 34.0. The van der Waals surface area contributed by atoms with Gasteiger partial charge in [-0.05, 0) is 32.1 Å². The summed E-state index contributed by atoms with van der Waals surface area (Å²) < 4.78 is 0. The lowest BCUT2D eigenvalue weighted by Crippen LogP contribution is -2.53. The average Bonchev–Trinajstić information content (AvgIpc) is 2.85. The molecule has 17 nitrogen and oxygen atoms in total. The number of aliphatic carboxylic acids is 1. The number of carboxylic acid groups (broad SMARTS) is 1. The minimum Gasteiger partial charge on any atom is -0.480 e. The lowest BCUT2D eigenvalue weighted by atomic mass is 10.1. The fourth-order valence-corrected chi connectivity index (χ4v) is 2.93. The molecule has 0 aliphatic carbocycles. The van der Waals surface area contributed by atoms with E-state index in [4.69, 9.17) is 22.3 Å². The summed E-state index contributed by atoms with van der Waals surface area (Å²) in [5.41, 5.74) is 15.9. The molecule has 216 valence electrons. The van der Waals surface area contributed by atoms with Crippen molar-refractivity contribution in [1.29, 1.82) is 0 Å². The van der Waals surface area contributed by atoms with Crippen LogP contribution in [-0.2, 0) is 28.8 Å². The molecule has 0 rings (SSSR count). The van der Waals surface area contributed by atoms with E-state index >= 15 is 0 Å². The SMILES string of the molecule is CC(=O)NCCCC[C@H](NC(=O)CNC(=O)[C@H](CCCN=C(N)N)NC(=O)CNC(=O)[C@@H](N)CO)C(=O)O. The number of aliphatic hydroxyl groups is 1. The first-order valence-corrected chi connectivity index (χ1v) is 11.9. The van der Waals surface area contributed by atoms with Crippen LogP contribution < -0.4 is 43.8 Å². The average molecular weight is 546 g/mol. The Balaban J connectivity index is 4.89. The van der Waals surface area contributed by atoms with Crippen LogP contribution in [0.1, 0.15) is 39.0 Å². The zero-order valence-corrected chi connectivity index (χ0v) is 21.3. The van der Waals surface area contributed by atoms with Gasteiger partial charge in [0.2, 0.25) is 29.5 Å². The maximum Gasteiger partial charge on any atom is 0.326 e. The van der Waals surface area contributed by atoms with Crippen LogP contribution in [0.4, 0.5) is 0 Å². The van der Waals surface area contributed by atoms with E-state index in [1.54, 1.807) is 0 Å². The molecule has 3 atom stereocenters. The Bertz CT molecular complexity index is 849. The number of carbonyl (C=O) groups is 6. The quantitative estimate of drug-likeness (QED) is 0.0416. The van der Waals surface area contributed by atoms with E-state index in [2.05, 4.69) is 31.6 Å². The van der Waals surface area contributed by atoms with E-state index in [9.17, 15) is 33.9 Å². The monoisotopic (exact) mass is 545 g/mol. The van der Waals surface area contributed by atoms with Gasteiger partial charge in [0, 0.05) is 20.0 Å². The van der Waals surface area contributed by atoms with Crippen LogP contribution in [-0.4, -0.2) is 103 Å². The van der Waals surface area contributed by atoms with Crippen LogP contribution in [0.2, 0.25) is 0 Å². The van der Waals surface area contributed by atoms with Crippen LogP contribution in [0.3, 0.4) is 0 Å². The van der Waals surface area contributed by atoms with Crippen molar-refractivity contribution < 1.29 is 39.0 Å². The number of rotatable bonds is 19. The molecule has 0 bridgehead atoms. The third-order valence-electron chi connectivity index (χ3n) is 4.90. The Morgan fingerprint density at radius 2 is 1.37 bits per heavy atom. The lowest BCUT2D eigenvalue weighted by molar-refractivity contribution is -0.142. The van der Waals surface area contributed by atoms with Gasteiger partial charge in [-0.3, -0.25) is 29.0 Å². The number of carbonyl (C=O) groups excluding carboxylic acids is 5. The van der Waals surface area contributed by atoms with E-state index < -0.39 is 67.4 Å². The van der Waals surface area contributed by atoms with Gasteiger partial charge in [0.05, 0.1) is 19.7 Å². The number of aliphatic imine (C=N–C) groups is 1. The van der Waals surface area contributed by atoms with Gasteiger partial charge in [-0.25, -0.2) is 4.79 Å². The van der Waals surface area contributed by atoms with Crippen molar-refractivity contribution in [3.8, 4) is 0 Å². The van der Waals surface area contributed by atoms with Gasteiger partial charge in [-0.15, -0.1) is 0 Å². The number of carboxylic acids is 1. The molecule has 5 amide bonds. The van der Waals surface area contributed by atoms with Crippen molar-refractivity contribution in [3.63, 3.8) is 0 Å². The zero-order valence-electron chi connectivity index (χ0n) is 21.3. The Morgan fingerprint density at radius 1 is 0.816 bits per heavy atom. The number of nitrogens with zero attached hydrogens (tertiary/aromatic N) is 1. The van der Waals surface area contributed by atoms with E-state index in [-0.39, 0.29) is 37.7 Å². The molecule has 0 saturated carbocycles. The van der Waals surface area contributed by atoms with Gasteiger partial charge in [-0.1, -0.05) is 0 Å². The van der Waals surface area contributed by atoms with Crippen LogP contribution >= 0.6 is 0 Å². The van der Waals surface area contributed by atoms with Crippen LogP contribution in [0.25, 0.3) is 0 Å². The number of hydrogen-bond acceptors (Lipinski definition) is 9. The molecule has 0 heterocycles. The van der Waals surface area contributed by atoms with Gasteiger partial charge in [-0.2, -0.15) is 0 Å². The lowest BCUT2D eigenvalue weighted by Gasteiger charge is -2.19. The number of unbranched alkanes of at least 4 members (excludes halogenated alkanes) is 1. The number of guanidine groups is 1. The molecule has 0 aliphatic heterocycles. The molecule has 0 radical (unpaired) electrons. The van der Waals surface area contributed by atoms with E-state index in [0.29, 0.717) is 19.4 Å². The second-order valence-electron chi connectivity index (χ2n) is 8.23. The third-order valence-corrected chi connectivity index (χ3v) is 4.90. The van der Waals surface area contributed by atoms with Crippen molar-refractivity contribution >= 4 is 41.5 Å². The largest absolute Gasteiger partial charge is 0.480 e. The maximum atomic E-state index is 12.6. The number of aliphatic hydroxyl groups excluding tert-OH is 1. The number of nitrogens with two attached hydrogens (primary N) is 3. The molecule has 13 N–H and O–H groups in total. The molecule has 38 heavy (non-hydrogen) atoms. The molecule has 0 spiro atoms. The number of nitrogens with one attached hydrogen (secondary N) is 5. The van der Waals surface area contributed by atoms with Gasteiger partial charge in [0.25, 0.3) is 0 Å². The van der Waals surface area contributed by atoms with Crippen molar-refractivity contribution in [2.24, 2.45) is 22.2 Å². The van der Waals surface area contributed by atoms with Crippen molar-refractivity contribution in [2.75, 3.05) is 32.8 Å². The predicted octanol–water partition coefficient (Wildman–Crippen LogP) is -5.05. The first-order valence-electron chi connectivity index (χ1n) is 11.9. The molecular weight excluding hydrogens is 506 g/mol. The maximum absolute atomic E-state index is 12.6. The zero-order chi connectivity index (χ0) is 29.1. The Kier molecular flexibility index (Phi) is 17.2. The second-order valence-corrected chi connectivity index (χ2v) is 8.23. The Hall–Kier alpha value is -3.99. The molecule has 0 aliphatic rings. The second kappa shape index (κ2) is 19.2. The molecule has 0 aromatic carbocycles. The first-order chi connectivity index (χ1) is 17.9. The van der Waals surface area contributed by atoms with Crippen LogP contribution in [0.15, 0.2) is 4.99 Å². The highest BCUT2D eigenvalue weighted by atomic mass is 16.4. The molecule has 0 fully saturated rings. The summed E-state index contributed by atoms with van der Waals surface area (Å²) in [7, 11) is 0. The van der Waals surface area contributed by atoms with E-state index in [1.165, 1.54) is 6.92 Å². The van der Waals surface area contributed by atoms with E-state index in [1.807, 2.05) is 0 Å². The number of hydrogen-bond donors (Lipinski definition) is 10.